The third kappa shape index (κ3) is 4.24. The Labute approximate surface area is 158 Å². The minimum absolute atomic E-state index is 0. The molecule has 1 aliphatic heterocycles. The summed E-state index contributed by atoms with van der Waals surface area (Å²) < 4.78 is 6.16. The van der Waals surface area contributed by atoms with Crippen molar-refractivity contribution in [3.05, 3.63) is 28.2 Å². The molecule has 2 aliphatic rings. The number of nitrogens with one attached hydrogen (secondary N) is 2. The highest BCUT2D eigenvalue weighted by molar-refractivity contribution is 9.10. The molecule has 1 aliphatic carbocycles. The lowest BCUT2D eigenvalue weighted by atomic mass is 9.85. The molecule has 4 atom stereocenters. The maximum Gasteiger partial charge on any atom is 0.237 e. The largest absolute Gasteiger partial charge is 0.496 e. The highest BCUT2D eigenvalue weighted by Gasteiger charge is 2.38. The van der Waals surface area contributed by atoms with Gasteiger partial charge in [-0.2, -0.15) is 0 Å². The summed E-state index contributed by atoms with van der Waals surface area (Å²) in [5, 5.41) is 6.69. The van der Waals surface area contributed by atoms with Crippen LogP contribution in [0.2, 0.25) is 0 Å². The fourth-order valence-corrected chi connectivity index (χ4v) is 4.43. The predicted octanol–water partition coefficient (Wildman–Crippen LogP) is 3.98. The zero-order chi connectivity index (χ0) is 16.4. The van der Waals surface area contributed by atoms with E-state index >= 15 is 0 Å². The van der Waals surface area contributed by atoms with Crippen molar-refractivity contribution < 1.29 is 9.53 Å². The molecule has 3 rings (SSSR count). The molecule has 1 heterocycles. The molecule has 134 valence electrons. The van der Waals surface area contributed by atoms with Crippen molar-refractivity contribution in [3.8, 4) is 5.75 Å². The normalized spacial score (nSPS) is 26.9. The molecule has 1 aromatic rings. The Hall–Kier alpha value is -0.780. The molecule has 1 saturated heterocycles. The first kappa shape index (κ1) is 19.5. The number of hydrogen-bond acceptors (Lipinski definition) is 3. The van der Waals surface area contributed by atoms with Crippen molar-refractivity contribution in [2.75, 3.05) is 7.11 Å². The molecular weight excluding hydrogens is 392 g/mol. The van der Waals surface area contributed by atoms with E-state index in [1.165, 1.54) is 25.7 Å². The monoisotopic (exact) mass is 416 g/mol. The van der Waals surface area contributed by atoms with Gasteiger partial charge >= 0.3 is 0 Å². The molecule has 2 fully saturated rings. The SMILES string of the molecule is COc1ccc(C(C)NC(=O)C2CC3CCCCC3N2)cc1Br.Cl. The van der Waals surface area contributed by atoms with E-state index in [4.69, 9.17) is 4.74 Å². The second kappa shape index (κ2) is 8.54. The van der Waals surface area contributed by atoms with Crippen LogP contribution in [-0.2, 0) is 4.79 Å². The zero-order valence-corrected chi connectivity index (χ0v) is 16.6. The molecule has 0 aromatic heterocycles. The first-order valence-electron chi connectivity index (χ1n) is 8.48. The topological polar surface area (TPSA) is 50.4 Å². The molecule has 0 bridgehead atoms. The van der Waals surface area contributed by atoms with Crippen LogP contribution < -0.4 is 15.4 Å². The van der Waals surface area contributed by atoms with E-state index < -0.39 is 0 Å². The summed E-state index contributed by atoms with van der Waals surface area (Å²) in [5.74, 6) is 1.61. The molecule has 24 heavy (non-hydrogen) atoms. The summed E-state index contributed by atoms with van der Waals surface area (Å²) in [5.41, 5.74) is 1.07. The number of carbonyl (C=O) groups is 1. The number of benzene rings is 1. The minimum atomic E-state index is -0.0350. The van der Waals surface area contributed by atoms with Crippen LogP contribution in [0, 0.1) is 5.92 Å². The smallest absolute Gasteiger partial charge is 0.237 e. The zero-order valence-electron chi connectivity index (χ0n) is 14.2. The number of methoxy groups -OCH3 is 1. The summed E-state index contributed by atoms with van der Waals surface area (Å²) in [7, 11) is 1.65. The molecule has 1 saturated carbocycles. The number of ether oxygens (including phenoxy) is 1. The van der Waals surface area contributed by atoms with Gasteiger partial charge in [0.15, 0.2) is 0 Å². The van der Waals surface area contributed by atoms with Gasteiger partial charge in [-0.15, -0.1) is 12.4 Å². The standard InChI is InChI=1S/C18H25BrN2O2.ClH/c1-11(12-7-8-17(23-2)14(19)9-12)20-18(22)16-10-13-5-3-4-6-15(13)21-16;/h7-9,11,13,15-16,21H,3-6,10H2,1-2H3,(H,20,22);1H. The summed E-state index contributed by atoms with van der Waals surface area (Å²) in [6.07, 6.45) is 6.07. The van der Waals surface area contributed by atoms with Gasteiger partial charge in [-0.05, 0) is 65.7 Å². The van der Waals surface area contributed by atoms with Gasteiger partial charge in [0.05, 0.1) is 23.7 Å². The van der Waals surface area contributed by atoms with E-state index in [1.807, 2.05) is 25.1 Å². The van der Waals surface area contributed by atoms with Crippen LogP contribution in [0.5, 0.6) is 5.75 Å². The molecule has 0 radical (unpaired) electrons. The average Bonchev–Trinajstić information content (AvgIpc) is 2.99. The van der Waals surface area contributed by atoms with Gasteiger partial charge in [-0.3, -0.25) is 4.79 Å². The van der Waals surface area contributed by atoms with Gasteiger partial charge in [0.25, 0.3) is 0 Å². The predicted molar refractivity (Wildman–Crippen MR) is 102 cm³/mol. The van der Waals surface area contributed by atoms with E-state index in [1.54, 1.807) is 7.11 Å². The van der Waals surface area contributed by atoms with Crippen LogP contribution in [0.1, 0.15) is 50.6 Å². The summed E-state index contributed by atoms with van der Waals surface area (Å²) >= 11 is 3.50. The van der Waals surface area contributed by atoms with Crippen molar-refractivity contribution in [1.82, 2.24) is 10.6 Å². The molecule has 1 amide bonds. The number of amides is 1. The number of rotatable bonds is 4. The Bertz CT molecular complexity index is 570. The molecule has 4 nitrogen and oxygen atoms in total. The van der Waals surface area contributed by atoms with Crippen molar-refractivity contribution in [2.45, 2.75) is 57.2 Å². The number of carbonyl (C=O) groups excluding carboxylic acids is 1. The Morgan fingerprint density at radius 1 is 1.38 bits per heavy atom. The lowest BCUT2D eigenvalue weighted by Crippen LogP contribution is -2.43. The van der Waals surface area contributed by atoms with E-state index in [9.17, 15) is 4.79 Å². The van der Waals surface area contributed by atoms with Gasteiger partial charge in [-0.25, -0.2) is 0 Å². The maximum absolute atomic E-state index is 12.6. The third-order valence-electron chi connectivity index (χ3n) is 5.21. The number of halogens is 2. The molecule has 2 N–H and O–H groups in total. The Kier molecular flexibility index (Phi) is 6.96. The van der Waals surface area contributed by atoms with Crippen LogP contribution in [-0.4, -0.2) is 25.1 Å². The number of fused-ring (bicyclic) bond motifs is 1. The molecule has 4 unspecified atom stereocenters. The fourth-order valence-electron chi connectivity index (χ4n) is 3.87. The van der Waals surface area contributed by atoms with Crippen LogP contribution in [0.15, 0.2) is 22.7 Å². The highest BCUT2D eigenvalue weighted by Crippen LogP contribution is 2.33. The first-order chi connectivity index (χ1) is 11.1. The minimum Gasteiger partial charge on any atom is -0.496 e. The van der Waals surface area contributed by atoms with Crippen molar-refractivity contribution in [1.29, 1.82) is 0 Å². The Morgan fingerprint density at radius 2 is 2.12 bits per heavy atom. The maximum atomic E-state index is 12.6. The van der Waals surface area contributed by atoms with Crippen LogP contribution in [0.25, 0.3) is 0 Å². The van der Waals surface area contributed by atoms with E-state index in [0.717, 1.165) is 22.2 Å². The van der Waals surface area contributed by atoms with Gasteiger partial charge in [0.2, 0.25) is 5.91 Å². The lowest BCUT2D eigenvalue weighted by molar-refractivity contribution is -0.123. The third-order valence-corrected chi connectivity index (χ3v) is 5.83. The quantitative estimate of drug-likeness (QED) is 0.779. The van der Waals surface area contributed by atoms with Crippen molar-refractivity contribution in [3.63, 3.8) is 0 Å². The lowest BCUT2D eigenvalue weighted by Gasteiger charge is -2.24. The number of hydrogen-bond donors (Lipinski definition) is 2. The molecule has 1 aromatic carbocycles. The van der Waals surface area contributed by atoms with E-state index in [-0.39, 0.29) is 30.4 Å². The van der Waals surface area contributed by atoms with Crippen LogP contribution >= 0.6 is 28.3 Å². The van der Waals surface area contributed by atoms with E-state index in [2.05, 4.69) is 26.6 Å². The van der Waals surface area contributed by atoms with Gasteiger partial charge in [0, 0.05) is 6.04 Å². The van der Waals surface area contributed by atoms with Crippen molar-refractivity contribution >= 4 is 34.2 Å². The van der Waals surface area contributed by atoms with Gasteiger partial charge < -0.3 is 15.4 Å². The van der Waals surface area contributed by atoms with Crippen LogP contribution in [0.4, 0.5) is 0 Å². The van der Waals surface area contributed by atoms with Gasteiger partial charge in [0.1, 0.15) is 5.75 Å². The van der Waals surface area contributed by atoms with E-state index in [0.29, 0.717) is 12.0 Å². The molecule has 0 spiro atoms. The molecule has 6 heteroatoms. The first-order valence-corrected chi connectivity index (χ1v) is 9.27. The summed E-state index contributed by atoms with van der Waals surface area (Å²) in [6.45, 7) is 2.02. The summed E-state index contributed by atoms with van der Waals surface area (Å²) in [6, 6.07) is 6.42. The highest BCUT2D eigenvalue weighted by atomic mass is 79.9. The fraction of sp³-hybridized carbons (Fsp3) is 0.611. The summed E-state index contributed by atoms with van der Waals surface area (Å²) in [4.78, 5) is 12.6. The average molecular weight is 418 g/mol. The molecular formula is C18H26BrClN2O2. The Balaban J connectivity index is 0.00000208. The second-order valence-electron chi connectivity index (χ2n) is 6.73. The van der Waals surface area contributed by atoms with Crippen LogP contribution in [0.3, 0.4) is 0 Å². The second-order valence-corrected chi connectivity index (χ2v) is 7.58. The van der Waals surface area contributed by atoms with Gasteiger partial charge in [-0.1, -0.05) is 18.9 Å². The Morgan fingerprint density at radius 3 is 2.79 bits per heavy atom. The van der Waals surface area contributed by atoms with Crippen molar-refractivity contribution in [2.24, 2.45) is 5.92 Å².